The number of rotatable bonds is 2. The van der Waals surface area contributed by atoms with Gasteiger partial charge in [0.1, 0.15) is 0 Å². The highest BCUT2D eigenvalue weighted by molar-refractivity contribution is 4.68. The van der Waals surface area contributed by atoms with Crippen LogP contribution in [-0.4, -0.2) is 13.1 Å². The van der Waals surface area contributed by atoms with Crippen LogP contribution >= 0.6 is 0 Å². The molecule has 9 heavy (non-hydrogen) atoms. The predicted molar refractivity (Wildman–Crippen MR) is 42.6 cm³/mol. The SMILES string of the molecule is CN[C@H](C)CC(C)(C)C. The van der Waals surface area contributed by atoms with E-state index in [9.17, 15) is 0 Å². The molecule has 0 radical (unpaired) electrons. The Bertz CT molecular complexity index is 71.1. The summed E-state index contributed by atoms with van der Waals surface area (Å²) >= 11 is 0. The molecule has 0 heterocycles. The van der Waals surface area contributed by atoms with E-state index in [0.29, 0.717) is 11.5 Å². The highest BCUT2D eigenvalue weighted by Gasteiger charge is 2.12. The Labute approximate surface area is 58.8 Å². The molecule has 0 amide bonds. The van der Waals surface area contributed by atoms with Crippen molar-refractivity contribution < 1.29 is 0 Å². The molecule has 0 aromatic heterocycles. The fourth-order valence-corrected chi connectivity index (χ4v) is 1.02. The van der Waals surface area contributed by atoms with E-state index < -0.39 is 0 Å². The van der Waals surface area contributed by atoms with E-state index in [1.54, 1.807) is 0 Å². The summed E-state index contributed by atoms with van der Waals surface area (Å²) in [5.74, 6) is 0. The maximum atomic E-state index is 3.22. The van der Waals surface area contributed by atoms with Crippen LogP contribution in [0.2, 0.25) is 0 Å². The van der Waals surface area contributed by atoms with E-state index in [1.807, 2.05) is 7.05 Å². The van der Waals surface area contributed by atoms with E-state index in [1.165, 1.54) is 6.42 Å². The molecule has 0 aliphatic rings. The van der Waals surface area contributed by atoms with Crippen molar-refractivity contribution >= 4 is 0 Å². The Morgan fingerprint density at radius 1 is 1.33 bits per heavy atom. The molecule has 1 heteroatoms. The average Bonchev–Trinajstić information content (AvgIpc) is 1.62. The lowest BCUT2D eigenvalue weighted by Gasteiger charge is -2.22. The van der Waals surface area contributed by atoms with Crippen LogP contribution in [-0.2, 0) is 0 Å². The van der Waals surface area contributed by atoms with Gasteiger partial charge >= 0.3 is 0 Å². The third-order valence-corrected chi connectivity index (χ3v) is 1.41. The first-order chi connectivity index (χ1) is 3.95. The van der Waals surface area contributed by atoms with Crippen LogP contribution in [0.4, 0.5) is 0 Å². The van der Waals surface area contributed by atoms with Crippen molar-refractivity contribution in [3.8, 4) is 0 Å². The summed E-state index contributed by atoms with van der Waals surface area (Å²) in [5, 5.41) is 3.22. The van der Waals surface area contributed by atoms with Crippen LogP contribution in [0.1, 0.15) is 34.1 Å². The Morgan fingerprint density at radius 3 is 1.89 bits per heavy atom. The zero-order chi connectivity index (χ0) is 7.49. The monoisotopic (exact) mass is 129 g/mol. The maximum absolute atomic E-state index is 3.22. The van der Waals surface area contributed by atoms with Crippen LogP contribution < -0.4 is 5.32 Å². The van der Waals surface area contributed by atoms with Crippen molar-refractivity contribution in [3.05, 3.63) is 0 Å². The summed E-state index contributed by atoms with van der Waals surface area (Å²) in [6, 6.07) is 0.644. The van der Waals surface area contributed by atoms with Gasteiger partial charge < -0.3 is 5.32 Å². The van der Waals surface area contributed by atoms with Crippen LogP contribution in [0.15, 0.2) is 0 Å². The third kappa shape index (κ3) is 5.84. The molecule has 0 rings (SSSR count). The molecule has 0 spiro atoms. The summed E-state index contributed by atoms with van der Waals surface area (Å²) in [6.07, 6.45) is 1.24. The predicted octanol–water partition coefficient (Wildman–Crippen LogP) is 2.03. The smallest absolute Gasteiger partial charge is 0.00407 e. The third-order valence-electron chi connectivity index (χ3n) is 1.41. The van der Waals surface area contributed by atoms with Gasteiger partial charge in [0.25, 0.3) is 0 Å². The van der Waals surface area contributed by atoms with Gasteiger partial charge in [0.2, 0.25) is 0 Å². The van der Waals surface area contributed by atoms with E-state index in [-0.39, 0.29) is 0 Å². The zero-order valence-electron chi connectivity index (χ0n) is 7.28. The molecule has 0 bridgehead atoms. The minimum Gasteiger partial charge on any atom is -0.317 e. The second-order valence-electron chi connectivity index (χ2n) is 3.95. The second kappa shape index (κ2) is 3.21. The van der Waals surface area contributed by atoms with Gasteiger partial charge in [-0.2, -0.15) is 0 Å². The quantitative estimate of drug-likeness (QED) is 0.601. The first-order valence-corrected chi connectivity index (χ1v) is 3.63. The van der Waals surface area contributed by atoms with Gasteiger partial charge in [-0.25, -0.2) is 0 Å². The van der Waals surface area contributed by atoms with Crippen LogP contribution in [0, 0.1) is 5.41 Å². The minimum absolute atomic E-state index is 0.461. The molecule has 0 aliphatic heterocycles. The van der Waals surface area contributed by atoms with Gasteiger partial charge in [-0.1, -0.05) is 20.8 Å². The summed E-state index contributed by atoms with van der Waals surface area (Å²) in [7, 11) is 2.01. The summed E-state index contributed by atoms with van der Waals surface area (Å²) in [6.45, 7) is 9.01. The highest BCUT2D eigenvalue weighted by Crippen LogP contribution is 2.19. The van der Waals surface area contributed by atoms with E-state index in [0.717, 1.165) is 0 Å². The van der Waals surface area contributed by atoms with Gasteiger partial charge in [0, 0.05) is 6.04 Å². The number of hydrogen-bond acceptors (Lipinski definition) is 1. The molecule has 0 saturated carbocycles. The molecule has 0 saturated heterocycles. The second-order valence-corrected chi connectivity index (χ2v) is 3.95. The van der Waals surface area contributed by atoms with Gasteiger partial charge in [0.15, 0.2) is 0 Å². The first-order valence-electron chi connectivity index (χ1n) is 3.63. The Hall–Kier alpha value is -0.0400. The van der Waals surface area contributed by atoms with Crippen molar-refractivity contribution in [2.45, 2.75) is 40.2 Å². The summed E-state index contributed by atoms with van der Waals surface area (Å²) < 4.78 is 0. The molecule has 1 N–H and O–H groups in total. The summed E-state index contributed by atoms with van der Waals surface area (Å²) in [5.41, 5.74) is 0.461. The lowest BCUT2D eigenvalue weighted by molar-refractivity contribution is 0.328. The molecule has 1 nitrogen and oxygen atoms in total. The van der Waals surface area contributed by atoms with E-state index in [4.69, 9.17) is 0 Å². The topological polar surface area (TPSA) is 12.0 Å². The Balaban J connectivity index is 3.47. The molecule has 0 aliphatic carbocycles. The zero-order valence-corrected chi connectivity index (χ0v) is 7.28. The number of hydrogen-bond donors (Lipinski definition) is 1. The summed E-state index contributed by atoms with van der Waals surface area (Å²) in [4.78, 5) is 0. The lowest BCUT2D eigenvalue weighted by Crippen LogP contribution is -2.26. The normalized spacial score (nSPS) is 15.7. The van der Waals surface area contributed by atoms with Crippen LogP contribution in [0.5, 0.6) is 0 Å². The molecule has 1 atom stereocenters. The average molecular weight is 129 g/mol. The van der Waals surface area contributed by atoms with Crippen molar-refractivity contribution in [1.29, 1.82) is 0 Å². The molecular formula is C8H19N. The van der Waals surface area contributed by atoms with Crippen molar-refractivity contribution in [2.75, 3.05) is 7.05 Å². The lowest BCUT2D eigenvalue weighted by atomic mass is 9.89. The van der Waals surface area contributed by atoms with E-state index >= 15 is 0 Å². The minimum atomic E-state index is 0.461. The molecule has 0 aromatic rings. The van der Waals surface area contributed by atoms with Crippen LogP contribution in [0.25, 0.3) is 0 Å². The van der Waals surface area contributed by atoms with Gasteiger partial charge in [0.05, 0.1) is 0 Å². The van der Waals surface area contributed by atoms with Crippen molar-refractivity contribution in [1.82, 2.24) is 5.32 Å². The molecule has 0 unspecified atom stereocenters. The van der Waals surface area contributed by atoms with Gasteiger partial charge in [-0.05, 0) is 25.8 Å². The Morgan fingerprint density at radius 2 is 1.78 bits per heavy atom. The van der Waals surface area contributed by atoms with Crippen molar-refractivity contribution in [3.63, 3.8) is 0 Å². The molecule has 56 valence electrons. The highest BCUT2D eigenvalue weighted by atomic mass is 14.9. The molecule has 0 fully saturated rings. The van der Waals surface area contributed by atoms with Crippen LogP contribution in [0.3, 0.4) is 0 Å². The largest absolute Gasteiger partial charge is 0.317 e. The number of nitrogens with one attached hydrogen (secondary N) is 1. The van der Waals surface area contributed by atoms with Gasteiger partial charge in [-0.15, -0.1) is 0 Å². The van der Waals surface area contributed by atoms with Crippen molar-refractivity contribution in [2.24, 2.45) is 5.41 Å². The fraction of sp³-hybridized carbons (Fsp3) is 1.00. The standard InChI is InChI=1S/C8H19N/c1-7(9-5)6-8(2,3)4/h7,9H,6H2,1-5H3/t7-/m1/s1. The molecule has 0 aromatic carbocycles. The maximum Gasteiger partial charge on any atom is 0.00407 e. The van der Waals surface area contributed by atoms with E-state index in [2.05, 4.69) is 33.0 Å². The van der Waals surface area contributed by atoms with Gasteiger partial charge in [-0.3, -0.25) is 0 Å². The first kappa shape index (κ1) is 8.96. The fourth-order valence-electron chi connectivity index (χ4n) is 1.02. The molecular weight excluding hydrogens is 110 g/mol. The Kier molecular flexibility index (Phi) is 3.20.